The fraction of sp³-hybridized carbons (Fsp3) is 1.00. The SMILES string of the molecule is CCCC1(C)OCCO1.CCCCO. The van der Waals surface area contributed by atoms with Gasteiger partial charge in [0.15, 0.2) is 5.79 Å². The summed E-state index contributed by atoms with van der Waals surface area (Å²) < 4.78 is 10.7. The van der Waals surface area contributed by atoms with Crippen molar-refractivity contribution >= 4 is 0 Å². The van der Waals surface area contributed by atoms with Gasteiger partial charge in [0.05, 0.1) is 13.2 Å². The molecule has 1 fully saturated rings. The van der Waals surface area contributed by atoms with Crippen molar-refractivity contribution < 1.29 is 14.6 Å². The molecule has 0 saturated carbocycles. The van der Waals surface area contributed by atoms with E-state index in [1.807, 2.05) is 6.92 Å². The van der Waals surface area contributed by atoms with E-state index in [0.717, 1.165) is 38.9 Å². The lowest BCUT2D eigenvalue weighted by Crippen LogP contribution is -2.24. The van der Waals surface area contributed by atoms with Crippen molar-refractivity contribution in [3.05, 3.63) is 0 Å². The average Bonchev–Trinajstić information content (AvgIpc) is 2.55. The van der Waals surface area contributed by atoms with Gasteiger partial charge in [-0.05, 0) is 13.3 Å². The number of rotatable bonds is 4. The average molecular weight is 204 g/mol. The zero-order valence-electron chi connectivity index (χ0n) is 9.71. The lowest BCUT2D eigenvalue weighted by molar-refractivity contribution is -0.146. The molecule has 0 aromatic rings. The van der Waals surface area contributed by atoms with E-state index in [2.05, 4.69) is 13.8 Å². The van der Waals surface area contributed by atoms with Crippen molar-refractivity contribution in [2.45, 2.75) is 52.2 Å². The van der Waals surface area contributed by atoms with Gasteiger partial charge >= 0.3 is 0 Å². The number of hydrogen-bond donors (Lipinski definition) is 1. The molecule has 0 bridgehead atoms. The topological polar surface area (TPSA) is 38.7 Å². The van der Waals surface area contributed by atoms with Gasteiger partial charge in [-0.15, -0.1) is 0 Å². The molecule has 3 nitrogen and oxygen atoms in total. The maximum Gasteiger partial charge on any atom is 0.165 e. The van der Waals surface area contributed by atoms with Gasteiger partial charge in [0.25, 0.3) is 0 Å². The minimum atomic E-state index is -0.255. The summed E-state index contributed by atoms with van der Waals surface area (Å²) in [6.07, 6.45) is 4.17. The minimum absolute atomic E-state index is 0.255. The lowest BCUT2D eigenvalue weighted by atomic mass is 10.2. The first-order chi connectivity index (χ1) is 6.68. The Bertz CT molecular complexity index is 118. The minimum Gasteiger partial charge on any atom is -0.396 e. The Hall–Kier alpha value is -0.120. The van der Waals surface area contributed by atoms with Crippen molar-refractivity contribution in [2.24, 2.45) is 0 Å². The Labute approximate surface area is 87.4 Å². The zero-order chi connectivity index (χ0) is 10.9. The molecule has 1 rings (SSSR count). The lowest BCUT2D eigenvalue weighted by Gasteiger charge is -2.20. The van der Waals surface area contributed by atoms with Gasteiger partial charge in [-0.2, -0.15) is 0 Å². The second kappa shape index (κ2) is 8.21. The van der Waals surface area contributed by atoms with Crippen molar-refractivity contribution in [1.29, 1.82) is 0 Å². The van der Waals surface area contributed by atoms with Gasteiger partial charge in [-0.3, -0.25) is 0 Å². The summed E-state index contributed by atoms with van der Waals surface area (Å²) >= 11 is 0. The fourth-order valence-corrected chi connectivity index (χ4v) is 1.31. The molecule has 1 aliphatic rings. The summed E-state index contributed by atoms with van der Waals surface area (Å²) in [7, 11) is 0. The zero-order valence-corrected chi connectivity index (χ0v) is 9.71. The predicted molar refractivity (Wildman–Crippen MR) is 57.2 cm³/mol. The molecule has 1 aliphatic heterocycles. The number of hydrogen-bond acceptors (Lipinski definition) is 3. The van der Waals surface area contributed by atoms with Crippen LogP contribution < -0.4 is 0 Å². The van der Waals surface area contributed by atoms with Crippen molar-refractivity contribution in [3.63, 3.8) is 0 Å². The van der Waals surface area contributed by atoms with E-state index in [0.29, 0.717) is 6.61 Å². The van der Waals surface area contributed by atoms with Gasteiger partial charge in [0.1, 0.15) is 0 Å². The Morgan fingerprint density at radius 3 is 2.00 bits per heavy atom. The Morgan fingerprint density at radius 1 is 1.14 bits per heavy atom. The van der Waals surface area contributed by atoms with Crippen LogP contribution in [-0.2, 0) is 9.47 Å². The highest BCUT2D eigenvalue weighted by Gasteiger charge is 2.29. The molecule has 0 aromatic carbocycles. The van der Waals surface area contributed by atoms with Crippen LogP contribution in [0.3, 0.4) is 0 Å². The second-order valence-corrected chi connectivity index (χ2v) is 3.66. The van der Waals surface area contributed by atoms with E-state index in [4.69, 9.17) is 14.6 Å². The first kappa shape index (κ1) is 13.9. The molecule has 1 saturated heterocycles. The van der Waals surface area contributed by atoms with Crippen LogP contribution in [0.4, 0.5) is 0 Å². The Morgan fingerprint density at radius 2 is 1.71 bits per heavy atom. The largest absolute Gasteiger partial charge is 0.396 e. The molecule has 0 aromatic heterocycles. The van der Waals surface area contributed by atoms with E-state index in [-0.39, 0.29) is 5.79 Å². The van der Waals surface area contributed by atoms with Crippen LogP contribution in [0.5, 0.6) is 0 Å². The summed E-state index contributed by atoms with van der Waals surface area (Å²) in [5.41, 5.74) is 0. The van der Waals surface area contributed by atoms with E-state index in [1.54, 1.807) is 0 Å². The van der Waals surface area contributed by atoms with Crippen LogP contribution in [0.1, 0.15) is 46.5 Å². The van der Waals surface area contributed by atoms with Gasteiger partial charge in [-0.25, -0.2) is 0 Å². The van der Waals surface area contributed by atoms with Crippen LogP contribution in [0, 0.1) is 0 Å². The Balaban J connectivity index is 0.000000292. The third-order valence-electron chi connectivity index (χ3n) is 2.11. The highest BCUT2D eigenvalue weighted by Crippen LogP contribution is 2.23. The third kappa shape index (κ3) is 6.35. The maximum atomic E-state index is 8.07. The van der Waals surface area contributed by atoms with E-state index in [9.17, 15) is 0 Å². The van der Waals surface area contributed by atoms with Crippen molar-refractivity contribution in [2.75, 3.05) is 19.8 Å². The van der Waals surface area contributed by atoms with E-state index in [1.165, 1.54) is 0 Å². The molecule has 86 valence electrons. The Kier molecular flexibility index (Phi) is 8.14. The molecule has 0 spiro atoms. The number of unbranched alkanes of at least 4 members (excludes halogenated alkanes) is 1. The number of aliphatic hydroxyl groups excluding tert-OH is 1. The third-order valence-corrected chi connectivity index (χ3v) is 2.11. The van der Waals surface area contributed by atoms with E-state index >= 15 is 0 Å². The molecular formula is C11H24O3. The van der Waals surface area contributed by atoms with Crippen LogP contribution >= 0.6 is 0 Å². The number of aliphatic hydroxyl groups is 1. The molecule has 3 heteroatoms. The molecule has 0 unspecified atom stereocenters. The van der Waals surface area contributed by atoms with Crippen LogP contribution in [0.2, 0.25) is 0 Å². The first-order valence-electron chi connectivity index (χ1n) is 5.57. The van der Waals surface area contributed by atoms with Crippen molar-refractivity contribution in [1.82, 2.24) is 0 Å². The maximum absolute atomic E-state index is 8.07. The first-order valence-corrected chi connectivity index (χ1v) is 5.57. The normalized spacial score (nSPS) is 18.9. The molecule has 0 amide bonds. The van der Waals surface area contributed by atoms with Gasteiger partial charge in [0.2, 0.25) is 0 Å². The predicted octanol–water partition coefficient (Wildman–Crippen LogP) is 2.33. The molecule has 1 N–H and O–H groups in total. The second-order valence-electron chi connectivity index (χ2n) is 3.66. The molecule has 0 aliphatic carbocycles. The van der Waals surface area contributed by atoms with Gasteiger partial charge in [-0.1, -0.05) is 26.7 Å². The van der Waals surface area contributed by atoms with Gasteiger partial charge < -0.3 is 14.6 Å². The molecule has 0 atom stereocenters. The summed E-state index contributed by atoms with van der Waals surface area (Å²) in [4.78, 5) is 0. The molecular weight excluding hydrogens is 180 g/mol. The summed E-state index contributed by atoms with van der Waals surface area (Å²) in [5.74, 6) is -0.255. The highest BCUT2D eigenvalue weighted by molar-refractivity contribution is 4.66. The fourth-order valence-electron chi connectivity index (χ4n) is 1.31. The summed E-state index contributed by atoms with van der Waals surface area (Å²) in [6, 6.07) is 0. The summed E-state index contributed by atoms with van der Waals surface area (Å²) in [5, 5.41) is 8.07. The van der Waals surface area contributed by atoms with Crippen LogP contribution in [0.25, 0.3) is 0 Å². The van der Waals surface area contributed by atoms with Crippen LogP contribution in [0.15, 0.2) is 0 Å². The van der Waals surface area contributed by atoms with E-state index < -0.39 is 0 Å². The smallest absolute Gasteiger partial charge is 0.165 e. The standard InChI is InChI=1S/C7H14O2.C4H10O/c1-3-4-7(2)8-5-6-9-7;1-2-3-4-5/h3-6H2,1-2H3;5H,2-4H2,1H3. The monoisotopic (exact) mass is 204 g/mol. The van der Waals surface area contributed by atoms with Gasteiger partial charge in [0, 0.05) is 13.0 Å². The number of ether oxygens (including phenoxy) is 2. The molecule has 1 heterocycles. The van der Waals surface area contributed by atoms with Crippen LogP contribution in [-0.4, -0.2) is 30.7 Å². The van der Waals surface area contributed by atoms with Crippen molar-refractivity contribution in [3.8, 4) is 0 Å². The molecule has 0 radical (unpaired) electrons. The highest BCUT2D eigenvalue weighted by atomic mass is 16.7. The molecule has 14 heavy (non-hydrogen) atoms. The quantitative estimate of drug-likeness (QED) is 0.764. The summed E-state index contributed by atoms with van der Waals surface area (Å²) in [6.45, 7) is 8.06.